The standard InChI is InChI=1S/C14H14F3N3O3/c1-7-4-5-10(8(2)6-7)20-11(22)13(14(15,16)17,18-9(3)21)19-12(20)23/h4-6H,1-3H3,(H,18,21)(H,19,23)/t13-/m1/s1. The molecule has 0 spiro atoms. The van der Waals surface area contributed by atoms with Crippen molar-refractivity contribution in [3.05, 3.63) is 29.3 Å². The van der Waals surface area contributed by atoms with E-state index in [-0.39, 0.29) is 5.69 Å². The minimum Gasteiger partial charge on any atom is -0.318 e. The highest BCUT2D eigenvalue weighted by atomic mass is 19.4. The van der Waals surface area contributed by atoms with Gasteiger partial charge in [-0.2, -0.15) is 13.2 Å². The third kappa shape index (κ3) is 2.62. The van der Waals surface area contributed by atoms with E-state index in [2.05, 4.69) is 0 Å². The van der Waals surface area contributed by atoms with Crippen LogP contribution in [0.3, 0.4) is 0 Å². The zero-order chi connectivity index (χ0) is 17.6. The van der Waals surface area contributed by atoms with Crippen LogP contribution in [-0.2, 0) is 9.59 Å². The number of carbonyl (C=O) groups excluding carboxylic acids is 3. The van der Waals surface area contributed by atoms with Crippen molar-refractivity contribution in [3.63, 3.8) is 0 Å². The molecular formula is C14H14F3N3O3. The Morgan fingerprint density at radius 2 is 1.87 bits per heavy atom. The van der Waals surface area contributed by atoms with Crippen molar-refractivity contribution in [1.82, 2.24) is 10.6 Å². The molecule has 0 radical (unpaired) electrons. The molecule has 1 aromatic rings. The zero-order valence-electron chi connectivity index (χ0n) is 12.5. The van der Waals surface area contributed by atoms with Gasteiger partial charge in [-0.25, -0.2) is 9.69 Å². The second-order valence-electron chi connectivity index (χ2n) is 5.29. The molecule has 2 N–H and O–H groups in total. The van der Waals surface area contributed by atoms with E-state index < -0.39 is 29.7 Å². The number of amides is 4. The van der Waals surface area contributed by atoms with E-state index in [1.165, 1.54) is 11.4 Å². The highest BCUT2D eigenvalue weighted by Crippen LogP contribution is 2.36. The molecule has 1 aliphatic rings. The number of hydrogen-bond donors (Lipinski definition) is 2. The third-order valence-electron chi connectivity index (χ3n) is 3.40. The first-order valence-corrected chi connectivity index (χ1v) is 6.59. The molecule has 0 saturated carbocycles. The molecule has 1 heterocycles. The second-order valence-corrected chi connectivity index (χ2v) is 5.29. The molecule has 1 aliphatic heterocycles. The fourth-order valence-electron chi connectivity index (χ4n) is 2.42. The number of benzene rings is 1. The van der Waals surface area contributed by atoms with Crippen LogP contribution in [0, 0.1) is 13.8 Å². The fraction of sp³-hybridized carbons (Fsp3) is 0.357. The number of aryl methyl sites for hydroxylation is 2. The summed E-state index contributed by atoms with van der Waals surface area (Å²) in [6, 6.07) is 3.31. The van der Waals surface area contributed by atoms with E-state index in [1.807, 2.05) is 0 Å². The molecule has 6 nitrogen and oxygen atoms in total. The topological polar surface area (TPSA) is 78.5 Å². The molecule has 4 amide bonds. The Morgan fingerprint density at radius 1 is 1.26 bits per heavy atom. The van der Waals surface area contributed by atoms with Gasteiger partial charge in [0.05, 0.1) is 5.69 Å². The smallest absolute Gasteiger partial charge is 0.318 e. The number of hydrogen-bond acceptors (Lipinski definition) is 3. The fourth-order valence-corrected chi connectivity index (χ4v) is 2.42. The van der Waals surface area contributed by atoms with Gasteiger partial charge in [0.15, 0.2) is 0 Å². The van der Waals surface area contributed by atoms with Crippen molar-refractivity contribution in [1.29, 1.82) is 0 Å². The minimum atomic E-state index is -5.20. The first kappa shape index (κ1) is 16.8. The zero-order valence-corrected chi connectivity index (χ0v) is 12.5. The highest BCUT2D eigenvalue weighted by molar-refractivity contribution is 6.24. The molecule has 1 saturated heterocycles. The van der Waals surface area contributed by atoms with Crippen molar-refractivity contribution >= 4 is 23.5 Å². The van der Waals surface area contributed by atoms with Gasteiger partial charge in [-0.3, -0.25) is 14.9 Å². The second kappa shape index (κ2) is 5.25. The molecule has 0 aromatic heterocycles. The summed E-state index contributed by atoms with van der Waals surface area (Å²) < 4.78 is 40.1. The van der Waals surface area contributed by atoms with Gasteiger partial charge >= 0.3 is 12.2 Å². The Labute approximate surface area is 129 Å². The predicted octanol–water partition coefficient (Wildman–Crippen LogP) is 1.75. The number of nitrogens with zero attached hydrogens (tertiary/aromatic N) is 1. The number of anilines is 1. The van der Waals surface area contributed by atoms with E-state index in [4.69, 9.17) is 0 Å². The summed E-state index contributed by atoms with van der Waals surface area (Å²) in [7, 11) is 0. The highest BCUT2D eigenvalue weighted by Gasteiger charge is 2.69. The molecule has 9 heteroatoms. The molecule has 2 rings (SSSR count). The van der Waals surface area contributed by atoms with Crippen LogP contribution in [0.15, 0.2) is 18.2 Å². The SMILES string of the molecule is CC(=O)N[C@@]1(C(F)(F)F)NC(=O)N(c2ccc(C)cc2C)C1=O. The van der Waals surface area contributed by atoms with Crippen molar-refractivity contribution in [2.75, 3.05) is 4.90 Å². The van der Waals surface area contributed by atoms with E-state index in [0.29, 0.717) is 10.5 Å². The van der Waals surface area contributed by atoms with E-state index in [0.717, 1.165) is 12.5 Å². The molecule has 0 unspecified atom stereocenters. The summed E-state index contributed by atoms with van der Waals surface area (Å²) in [6.07, 6.45) is -5.20. The first-order chi connectivity index (χ1) is 10.5. The quantitative estimate of drug-likeness (QED) is 0.812. The van der Waals surface area contributed by atoms with Gasteiger partial charge in [-0.05, 0) is 25.5 Å². The predicted molar refractivity (Wildman–Crippen MR) is 74.5 cm³/mol. The molecule has 0 bridgehead atoms. The lowest BCUT2D eigenvalue weighted by Crippen LogP contribution is -2.69. The summed E-state index contributed by atoms with van der Waals surface area (Å²) in [4.78, 5) is 35.9. The van der Waals surface area contributed by atoms with Gasteiger partial charge in [0.1, 0.15) is 0 Å². The van der Waals surface area contributed by atoms with Crippen LogP contribution in [0.1, 0.15) is 18.1 Å². The Kier molecular flexibility index (Phi) is 3.83. The number of halogens is 3. The number of nitrogens with one attached hydrogen (secondary N) is 2. The number of imide groups is 1. The first-order valence-electron chi connectivity index (χ1n) is 6.59. The van der Waals surface area contributed by atoms with Crippen molar-refractivity contribution in [2.24, 2.45) is 0 Å². The maximum Gasteiger partial charge on any atom is 0.440 e. The third-order valence-corrected chi connectivity index (χ3v) is 3.40. The maximum absolute atomic E-state index is 13.4. The molecule has 1 aromatic carbocycles. The monoisotopic (exact) mass is 329 g/mol. The van der Waals surface area contributed by atoms with E-state index in [9.17, 15) is 27.6 Å². The summed E-state index contributed by atoms with van der Waals surface area (Å²) in [6.45, 7) is 4.15. The summed E-state index contributed by atoms with van der Waals surface area (Å²) in [5.41, 5.74) is -2.17. The molecular weight excluding hydrogens is 315 g/mol. The normalized spacial score (nSPS) is 21.4. The number of urea groups is 1. The number of alkyl halides is 3. The van der Waals surface area contributed by atoms with Crippen molar-refractivity contribution in [3.8, 4) is 0 Å². The van der Waals surface area contributed by atoms with Gasteiger partial charge in [0, 0.05) is 6.92 Å². The van der Waals surface area contributed by atoms with Gasteiger partial charge in [-0.1, -0.05) is 17.7 Å². The summed E-state index contributed by atoms with van der Waals surface area (Å²) in [5.74, 6) is -2.70. The molecule has 0 aliphatic carbocycles. The van der Waals surface area contributed by atoms with Crippen LogP contribution in [0.4, 0.5) is 23.7 Å². The van der Waals surface area contributed by atoms with Crippen LogP contribution in [0.5, 0.6) is 0 Å². The van der Waals surface area contributed by atoms with Crippen LogP contribution in [-0.4, -0.2) is 29.7 Å². The van der Waals surface area contributed by atoms with Crippen molar-refractivity contribution < 1.29 is 27.6 Å². The molecule has 124 valence electrons. The van der Waals surface area contributed by atoms with E-state index in [1.54, 1.807) is 31.3 Å². The van der Waals surface area contributed by atoms with Gasteiger partial charge in [0.2, 0.25) is 5.91 Å². The Morgan fingerprint density at radius 3 is 2.35 bits per heavy atom. The number of carbonyl (C=O) groups is 3. The Hall–Kier alpha value is -2.58. The Bertz CT molecular complexity index is 702. The largest absolute Gasteiger partial charge is 0.440 e. The van der Waals surface area contributed by atoms with Crippen LogP contribution in [0.25, 0.3) is 0 Å². The molecule has 1 fully saturated rings. The maximum atomic E-state index is 13.4. The average Bonchev–Trinajstić information content (AvgIpc) is 2.62. The van der Waals surface area contributed by atoms with Crippen LogP contribution in [0.2, 0.25) is 0 Å². The lowest BCUT2D eigenvalue weighted by atomic mass is 10.1. The van der Waals surface area contributed by atoms with Gasteiger partial charge < -0.3 is 5.32 Å². The summed E-state index contributed by atoms with van der Waals surface area (Å²) in [5, 5.41) is 3.08. The van der Waals surface area contributed by atoms with Crippen LogP contribution < -0.4 is 15.5 Å². The summed E-state index contributed by atoms with van der Waals surface area (Å²) >= 11 is 0. The lowest BCUT2D eigenvalue weighted by molar-refractivity contribution is -0.201. The number of rotatable bonds is 2. The van der Waals surface area contributed by atoms with Crippen LogP contribution >= 0.6 is 0 Å². The van der Waals surface area contributed by atoms with Gasteiger partial charge in [0.25, 0.3) is 11.6 Å². The minimum absolute atomic E-state index is 0.0228. The molecule has 23 heavy (non-hydrogen) atoms. The Balaban J connectivity index is 2.55. The average molecular weight is 329 g/mol. The molecule has 1 atom stereocenters. The van der Waals surface area contributed by atoms with Crippen molar-refractivity contribution in [2.45, 2.75) is 32.6 Å². The van der Waals surface area contributed by atoms with Gasteiger partial charge in [-0.15, -0.1) is 0 Å². The van der Waals surface area contributed by atoms with E-state index >= 15 is 0 Å². The lowest BCUT2D eigenvalue weighted by Gasteiger charge is -2.29.